The van der Waals surface area contributed by atoms with Crippen LogP contribution in [0.2, 0.25) is 0 Å². The maximum atomic E-state index is 4.25. The van der Waals surface area contributed by atoms with Crippen LogP contribution in [-0.2, 0) is 6.42 Å². The molecule has 0 aliphatic heterocycles. The van der Waals surface area contributed by atoms with Crippen LogP contribution in [0.4, 0.5) is 0 Å². The Morgan fingerprint density at radius 2 is 2.00 bits per heavy atom. The fraction of sp³-hybridized carbons (Fsp3) is 0.500. The van der Waals surface area contributed by atoms with Crippen molar-refractivity contribution in [1.82, 2.24) is 25.7 Å². The lowest BCUT2D eigenvalue weighted by Crippen LogP contribution is -2.08. The lowest BCUT2D eigenvalue weighted by atomic mass is 10.2. The quantitative estimate of drug-likeness (QED) is 0.833. The number of aryl methyl sites for hydroxylation is 3. The van der Waals surface area contributed by atoms with Crippen LogP contribution in [-0.4, -0.2) is 34.0 Å². The largest absolute Gasteiger partial charge is 0.320 e. The Balaban J connectivity index is 2.16. The molecule has 18 heavy (non-hydrogen) atoms. The molecule has 96 valence electrons. The maximum Gasteiger partial charge on any atom is 0.149 e. The lowest BCUT2D eigenvalue weighted by molar-refractivity contribution is 0.718. The first-order valence-corrected chi connectivity index (χ1v) is 6.80. The van der Waals surface area contributed by atoms with Crippen molar-refractivity contribution in [3.05, 3.63) is 22.5 Å². The topological polar surface area (TPSA) is 63.6 Å². The van der Waals surface area contributed by atoms with Crippen LogP contribution in [0, 0.1) is 13.8 Å². The van der Waals surface area contributed by atoms with Gasteiger partial charge in [-0.25, -0.2) is 0 Å². The van der Waals surface area contributed by atoms with Gasteiger partial charge in [-0.1, -0.05) is 11.3 Å². The monoisotopic (exact) mass is 263 g/mol. The summed E-state index contributed by atoms with van der Waals surface area (Å²) in [5.74, 6) is 0. The van der Waals surface area contributed by atoms with E-state index in [2.05, 4.69) is 25.7 Å². The molecule has 0 aliphatic carbocycles. The first-order chi connectivity index (χ1) is 8.70. The van der Waals surface area contributed by atoms with Crippen LogP contribution in [0.15, 0.2) is 6.07 Å². The summed E-state index contributed by atoms with van der Waals surface area (Å²) in [5.41, 5.74) is 2.85. The molecule has 0 bridgehead atoms. The third-order valence-electron chi connectivity index (χ3n) is 2.62. The molecule has 0 saturated heterocycles. The SMILES string of the molecule is CNCCCc1nnc(-c2cc(C)nnc2C)s1. The lowest BCUT2D eigenvalue weighted by Gasteiger charge is -2.00. The second kappa shape index (κ2) is 5.97. The summed E-state index contributed by atoms with van der Waals surface area (Å²) in [6, 6.07) is 2.01. The average molecular weight is 263 g/mol. The number of nitrogens with zero attached hydrogens (tertiary/aromatic N) is 4. The molecule has 0 saturated carbocycles. The van der Waals surface area contributed by atoms with Gasteiger partial charge in [-0.3, -0.25) is 0 Å². The van der Waals surface area contributed by atoms with E-state index in [4.69, 9.17) is 0 Å². The minimum absolute atomic E-state index is 0.901. The predicted octanol–water partition coefficient (Wildman–Crippen LogP) is 1.76. The van der Waals surface area contributed by atoms with E-state index in [9.17, 15) is 0 Å². The van der Waals surface area contributed by atoms with Gasteiger partial charge < -0.3 is 5.32 Å². The number of rotatable bonds is 5. The molecule has 6 heteroatoms. The van der Waals surface area contributed by atoms with E-state index >= 15 is 0 Å². The van der Waals surface area contributed by atoms with E-state index in [-0.39, 0.29) is 0 Å². The first-order valence-electron chi connectivity index (χ1n) is 5.99. The van der Waals surface area contributed by atoms with E-state index in [1.807, 2.05) is 27.0 Å². The molecule has 0 amide bonds. The van der Waals surface area contributed by atoms with Crippen LogP contribution >= 0.6 is 11.3 Å². The summed E-state index contributed by atoms with van der Waals surface area (Å²) >= 11 is 1.64. The van der Waals surface area contributed by atoms with Crippen LogP contribution in [0.25, 0.3) is 10.6 Å². The van der Waals surface area contributed by atoms with Crippen LogP contribution in [0.1, 0.15) is 22.8 Å². The molecule has 0 aliphatic rings. The van der Waals surface area contributed by atoms with Gasteiger partial charge in [0.1, 0.15) is 10.0 Å². The van der Waals surface area contributed by atoms with Crippen molar-refractivity contribution in [2.24, 2.45) is 0 Å². The molecule has 0 aromatic carbocycles. The van der Waals surface area contributed by atoms with Gasteiger partial charge >= 0.3 is 0 Å². The third kappa shape index (κ3) is 3.08. The number of hydrogen-bond donors (Lipinski definition) is 1. The highest BCUT2D eigenvalue weighted by Crippen LogP contribution is 2.26. The zero-order chi connectivity index (χ0) is 13.0. The minimum Gasteiger partial charge on any atom is -0.320 e. The molecule has 5 nitrogen and oxygen atoms in total. The summed E-state index contributed by atoms with van der Waals surface area (Å²) in [6.07, 6.45) is 2.05. The molecule has 2 heterocycles. The van der Waals surface area contributed by atoms with Crippen molar-refractivity contribution in [1.29, 1.82) is 0 Å². The smallest absolute Gasteiger partial charge is 0.149 e. The molecule has 0 radical (unpaired) electrons. The summed E-state index contributed by atoms with van der Waals surface area (Å²) in [4.78, 5) is 0. The van der Waals surface area contributed by atoms with Crippen LogP contribution < -0.4 is 5.32 Å². The van der Waals surface area contributed by atoms with Gasteiger partial charge in [-0.15, -0.1) is 10.2 Å². The first kappa shape index (κ1) is 13.0. The number of aromatic nitrogens is 4. The Morgan fingerprint density at radius 3 is 2.78 bits per heavy atom. The van der Waals surface area contributed by atoms with E-state index in [1.165, 1.54) is 0 Å². The molecule has 2 rings (SSSR count). The van der Waals surface area contributed by atoms with Crippen LogP contribution in [0.3, 0.4) is 0 Å². The van der Waals surface area contributed by atoms with E-state index < -0.39 is 0 Å². The maximum absolute atomic E-state index is 4.25. The highest BCUT2D eigenvalue weighted by Gasteiger charge is 2.10. The van der Waals surface area contributed by atoms with E-state index in [0.717, 1.165) is 46.4 Å². The van der Waals surface area contributed by atoms with Crippen molar-refractivity contribution in [3.8, 4) is 10.6 Å². The predicted molar refractivity (Wildman–Crippen MR) is 72.7 cm³/mol. The second-order valence-electron chi connectivity index (χ2n) is 4.19. The van der Waals surface area contributed by atoms with Gasteiger partial charge in [0.2, 0.25) is 0 Å². The fourth-order valence-corrected chi connectivity index (χ4v) is 2.60. The molecule has 0 spiro atoms. The zero-order valence-corrected chi connectivity index (χ0v) is 11.7. The fourth-order valence-electron chi connectivity index (χ4n) is 1.65. The molecule has 0 unspecified atom stereocenters. The summed E-state index contributed by atoms with van der Waals surface area (Å²) in [5, 5.41) is 21.8. The Morgan fingerprint density at radius 1 is 1.17 bits per heavy atom. The number of nitrogens with one attached hydrogen (secondary N) is 1. The second-order valence-corrected chi connectivity index (χ2v) is 5.25. The van der Waals surface area contributed by atoms with Gasteiger partial charge in [0.05, 0.1) is 11.4 Å². The van der Waals surface area contributed by atoms with E-state index in [0.29, 0.717) is 0 Å². The minimum atomic E-state index is 0.901. The molecule has 1 N–H and O–H groups in total. The van der Waals surface area contributed by atoms with Crippen molar-refractivity contribution in [3.63, 3.8) is 0 Å². The number of hydrogen-bond acceptors (Lipinski definition) is 6. The Hall–Kier alpha value is -1.40. The van der Waals surface area contributed by atoms with Gasteiger partial charge in [0.25, 0.3) is 0 Å². The van der Waals surface area contributed by atoms with Gasteiger partial charge in [-0.05, 0) is 39.9 Å². The summed E-state index contributed by atoms with van der Waals surface area (Å²) in [7, 11) is 1.96. The van der Waals surface area contributed by atoms with Gasteiger partial charge in [0, 0.05) is 12.0 Å². The summed E-state index contributed by atoms with van der Waals surface area (Å²) in [6.45, 7) is 4.89. The molecular formula is C12H17N5S. The highest BCUT2D eigenvalue weighted by molar-refractivity contribution is 7.14. The van der Waals surface area contributed by atoms with Crippen molar-refractivity contribution in [2.45, 2.75) is 26.7 Å². The standard InChI is InChI=1S/C12H17N5S/c1-8-7-10(9(2)15-14-8)12-17-16-11(18-12)5-4-6-13-3/h7,13H,4-6H2,1-3H3. The molecule has 2 aromatic rings. The molecule has 0 atom stereocenters. The van der Waals surface area contributed by atoms with E-state index in [1.54, 1.807) is 11.3 Å². The highest BCUT2D eigenvalue weighted by atomic mass is 32.1. The zero-order valence-electron chi connectivity index (χ0n) is 10.9. The molecule has 2 aromatic heterocycles. The van der Waals surface area contributed by atoms with Crippen LogP contribution in [0.5, 0.6) is 0 Å². The molecule has 0 fully saturated rings. The third-order valence-corrected chi connectivity index (χ3v) is 3.63. The average Bonchev–Trinajstić information content (AvgIpc) is 2.81. The van der Waals surface area contributed by atoms with Crippen molar-refractivity contribution < 1.29 is 0 Å². The Kier molecular flexibility index (Phi) is 4.33. The summed E-state index contributed by atoms with van der Waals surface area (Å²) < 4.78 is 0. The van der Waals surface area contributed by atoms with Gasteiger partial charge in [-0.2, -0.15) is 10.2 Å². The van der Waals surface area contributed by atoms with Crippen molar-refractivity contribution >= 4 is 11.3 Å². The Labute approximate surface area is 111 Å². The van der Waals surface area contributed by atoms with Crippen molar-refractivity contribution in [2.75, 3.05) is 13.6 Å². The molecular weight excluding hydrogens is 246 g/mol. The van der Waals surface area contributed by atoms with Gasteiger partial charge in [0.15, 0.2) is 0 Å². The normalized spacial score (nSPS) is 10.8. The Bertz CT molecular complexity index is 523.